The van der Waals surface area contributed by atoms with Crippen LogP contribution in [0, 0.1) is 0 Å². The van der Waals surface area contributed by atoms with Crippen molar-refractivity contribution in [2.75, 3.05) is 11.9 Å². The summed E-state index contributed by atoms with van der Waals surface area (Å²) in [6.45, 7) is 0.698. The number of hydrogen-bond acceptors (Lipinski definition) is 4. The van der Waals surface area contributed by atoms with Gasteiger partial charge in [0.1, 0.15) is 5.82 Å². The van der Waals surface area contributed by atoms with E-state index in [-0.39, 0.29) is 5.84 Å². The Morgan fingerprint density at radius 3 is 2.84 bits per heavy atom. The predicted molar refractivity (Wildman–Crippen MR) is 75.3 cm³/mol. The fourth-order valence-corrected chi connectivity index (χ4v) is 1.82. The minimum atomic E-state index is 0.113. The lowest BCUT2D eigenvalue weighted by atomic mass is 10.1. The third-order valence-corrected chi connectivity index (χ3v) is 2.79. The number of pyridine rings is 1. The molecule has 0 unspecified atom stereocenters. The van der Waals surface area contributed by atoms with E-state index >= 15 is 0 Å². The molecule has 5 nitrogen and oxygen atoms in total. The molecule has 0 radical (unpaired) electrons. The molecule has 3 N–H and O–H groups in total. The van der Waals surface area contributed by atoms with E-state index in [0.29, 0.717) is 12.1 Å². The predicted octanol–water partition coefficient (Wildman–Crippen LogP) is 1.81. The molecule has 0 spiro atoms. The van der Waals surface area contributed by atoms with Crippen molar-refractivity contribution in [2.24, 2.45) is 10.9 Å². The van der Waals surface area contributed by atoms with Gasteiger partial charge in [0.25, 0.3) is 0 Å². The molecular weight excluding hydrogens is 240 g/mol. The first kappa shape index (κ1) is 12.9. The zero-order valence-corrected chi connectivity index (χ0v) is 10.7. The second kappa shape index (κ2) is 5.86. The average Bonchev–Trinajstić information content (AvgIpc) is 2.47. The van der Waals surface area contributed by atoms with E-state index in [4.69, 9.17) is 10.9 Å². The van der Waals surface area contributed by atoms with Crippen LogP contribution in [-0.4, -0.2) is 23.1 Å². The smallest absolute Gasteiger partial charge is 0.170 e. The van der Waals surface area contributed by atoms with Gasteiger partial charge in [-0.25, -0.2) is 4.98 Å². The molecule has 0 fully saturated rings. The van der Waals surface area contributed by atoms with Crippen LogP contribution in [0.4, 0.5) is 5.82 Å². The molecule has 0 amide bonds. The van der Waals surface area contributed by atoms with E-state index in [0.717, 1.165) is 11.4 Å². The lowest BCUT2D eigenvalue weighted by Crippen LogP contribution is -2.18. The normalized spacial score (nSPS) is 11.3. The van der Waals surface area contributed by atoms with Crippen LogP contribution in [0.5, 0.6) is 0 Å². The molecule has 0 atom stereocenters. The van der Waals surface area contributed by atoms with Crippen molar-refractivity contribution in [1.82, 2.24) is 4.98 Å². The Morgan fingerprint density at radius 2 is 2.16 bits per heavy atom. The molecule has 0 bridgehead atoms. The van der Waals surface area contributed by atoms with Gasteiger partial charge in [-0.05, 0) is 23.8 Å². The molecule has 98 valence electrons. The number of anilines is 1. The van der Waals surface area contributed by atoms with Gasteiger partial charge in [0.15, 0.2) is 5.84 Å². The van der Waals surface area contributed by atoms with Gasteiger partial charge in [0.05, 0.1) is 0 Å². The van der Waals surface area contributed by atoms with Crippen molar-refractivity contribution in [2.45, 2.75) is 6.54 Å². The molecule has 19 heavy (non-hydrogen) atoms. The molecular formula is C14H16N4O. The van der Waals surface area contributed by atoms with E-state index < -0.39 is 0 Å². The lowest BCUT2D eigenvalue weighted by Gasteiger charge is -2.18. The van der Waals surface area contributed by atoms with Gasteiger partial charge < -0.3 is 15.8 Å². The highest BCUT2D eigenvalue weighted by Crippen LogP contribution is 2.13. The minimum Gasteiger partial charge on any atom is -0.409 e. The van der Waals surface area contributed by atoms with Crippen LogP contribution in [0.3, 0.4) is 0 Å². The van der Waals surface area contributed by atoms with Gasteiger partial charge in [-0.15, -0.1) is 0 Å². The third kappa shape index (κ3) is 3.22. The van der Waals surface area contributed by atoms with Crippen LogP contribution in [-0.2, 0) is 6.54 Å². The molecule has 5 heteroatoms. The van der Waals surface area contributed by atoms with Crippen LogP contribution >= 0.6 is 0 Å². The number of rotatable bonds is 4. The molecule has 0 aliphatic rings. The summed E-state index contributed by atoms with van der Waals surface area (Å²) in [5.74, 6) is 1.01. The summed E-state index contributed by atoms with van der Waals surface area (Å²) >= 11 is 0. The fourth-order valence-electron chi connectivity index (χ4n) is 1.82. The highest BCUT2D eigenvalue weighted by atomic mass is 16.4. The number of benzene rings is 1. The lowest BCUT2D eigenvalue weighted by molar-refractivity contribution is 0.318. The van der Waals surface area contributed by atoms with Gasteiger partial charge in [0, 0.05) is 25.4 Å². The zero-order chi connectivity index (χ0) is 13.7. The fraction of sp³-hybridized carbons (Fsp3) is 0.143. The summed E-state index contributed by atoms with van der Waals surface area (Å²) < 4.78 is 0. The average molecular weight is 256 g/mol. The first-order chi connectivity index (χ1) is 9.20. The largest absolute Gasteiger partial charge is 0.409 e. The molecule has 1 aromatic carbocycles. The number of hydrogen-bond donors (Lipinski definition) is 2. The van der Waals surface area contributed by atoms with Crippen LogP contribution < -0.4 is 10.6 Å². The summed E-state index contributed by atoms with van der Waals surface area (Å²) in [7, 11) is 1.97. The number of nitrogens with two attached hydrogens (primary N) is 1. The summed E-state index contributed by atoms with van der Waals surface area (Å²) in [5.41, 5.74) is 7.35. The molecule has 2 rings (SSSR count). The van der Waals surface area contributed by atoms with Gasteiger partial charge >= 0.3 is 0 Å². The van der Waals surface area contributed by atoms with E-state index in [9.17, 15) is 0 Å². The molecule has 0 saturated heterocycles. The van der Waals surface area contributed by atoms with Crippen molar-refractivity contribution < 1.29 is 5.21 Å². The molecule has 0 saturated carbocycles. The Bertz CT molecular complexity index is 569. The minimum absolute atomic E-state index is 0.113. The number of aromatic nitrogens is 1. The first-order valence-electron chi connectivity index (χ1n) is 5.89. The van der Waals surface area contributed by atoms with Crippen molar-refractivity contribution in [3.63, 3.8) is 0 Å². The highest BCUT2D eigenvalue weighted by molar-refractivity contribution is 5.97. The summed E-state index contributed by atoms with van der Waals surface area (Å²) in [5, 5.41) is 11.7. The topological polar surface area (TPSA) is 74.7 Å². The third-order valence-electron chi connectivity index (χ3n) is 2.79. The molecule has 1 aromatic heterocycles. The number of oxime groups is 1. The van der Waals surface area contributed by atoms with Crippen molar-refractivity contribution in [1.29, 1.82) is 0 Å². The highest BCUT2D eigenvalue weighted by Gasteiger charge is 2.05. The van der Waals surface area contributed by atoms with Crippen molar-refractivity contribution in [3.8, 4) is 0 Å². The Hall–Kier alpha value is -2.56. The van der Waals surface area contributed by atoms with E-state index in [2.05, 4.69) is 10.1 Å². The van der Waals surface area contributed by atoms with Gasteiger partial charge in [-0.3, -0.25) is 0 Å². The zero-order valence-electron chi connectivity index (χ0n) is 10.7. The van der Waals surface area contributed by atoms with Crippen LogP contribution in [0.1, 0.15) is 11.1 Å². The SMILES string of the molecule is CN(Cc1cccc(C(N)=NO)c1)c1ccccn1. The van der Waals surface area contributed by atoms with Crippen molar-refractivity contribution in [3.05, 3.63) is 59.8 Å². The summed E-state index contributed by atoms with van der Waals surface area (Å²) in [4.78, 5) is 6.32. The Morgan fingerprint density at radius 1 is 1.32 bits per heavy atom. The first-order valence-corrected chi connectivity index (χ1v) is 5.89. The maximum Gasteiger partial charge on any atom is 0.170 e. The van der Waals surface area contributed by atoms with Gasteiger partial charge in [-0.1, -0.05) is 29.4 Å². The van der Waals surface area contributed by atoms with E-state index in [1.54, 1.807) is 12.3 Å². The van der Waals surface area contributed by atoms with Crippen LogP contribution in [0.15, 0.2) is 53.8 Å². The summed E-state index contributed by atoms with van der Waals surface area (Å²) in [6.07, 6.45) is 1.76. The Labute approximate surface area is 112 Å². The maximum absolute atomic E-state index is 8.68. The standard InChI is InChI=1S/C14H16N4O/c1-18(13-7-2-3-8-16-13)10-11-5-4-6-12(9-11)14(15)17-19/h2-9,19H,10H2,1H3,(H2,15,17). The Balaban J connectivity index is 2.16. The van der Waals surface area contributed by atoms with Gasteiger partial charge in [0.2, 0.25) is 0 Å². The monoisotopic (exact) mass is 256 g/mol. The maximum atomic E-state index is 8.68. The van der Waals surface area contributed by atoms with E-state index in [1.807, 2.05) is 48.3 Å². The quantitative estimate of drug-likeness (QED) is 0.378. The van der Waals surface area contributed by atoms with Crippen LogP contribution in [0.25, 0.3) is 0 Å². The van der Waals surface area contributed by atoms with Crippen molar-refractivity contribution >= 4 is 11.7 Å². The molecule has 2 aromatic rings. The van der Waals surface area contributed by atoms with E-state index in [1.165, 1.54) is 0 Å². The number of amidine groups is 1. The molecule has 0 aliphatic carbocycles. The second-order valence-electron chi connectivity index (χ2n) is 4.23. The summed E-state index contributed by atoms with van der Waals surface area (Å²) in [6, 6.07) is 13.4. The second-order valence-corrected chi connectivity index (χ2v) is 4.23. The molecule has 0 aliphatic heterocycles. The van der Waals surface area contributed by atoms with Gasteiger partial charge in [-0.2, -0.15) is 0 Å². The number of nitrogens with zero attached hydrogens (tertiary/aromatic N) is 3. The molecule has 1 heterocycles. The van der Waals surface area contributed by atoms with Crippen LogP contribution in [0.2, 0.25) is 0 Å². The Kier molecular flexibility index (Phi) is 3.97.